The molecule has 1 aliphatic rings. The molecule has 0 saturated carbocycles. The van der Waals surface area contributed by atoms with Gasteiger partial charge < -0.3 is 9.64 Å². The third-order valence-corrected chi connectivity index (χ3v) is 3.59. The van der Waals surface area contributed by atoms with Gasteiger partial charge in [0.05, 0.1) is 13.2 Å². The van der Waals surface area contributed by atoms with Crippen LogP contribution in [0.1, 0.15) is 32.4 Å². The topological polar surface area (TPSA) is 29.5 Å². The maximum absolute atomic E-state index is 12.3. The minimum absolute atomic E-state index is 0.131. The van der Waals surface area contributed by atoms with Crippen LogP contribution in [0.3, 0.4) is 0 Å². The molecule has 0 aliphatic carbocycles. The first-order valence-electron chi connectivity index (χ1n) is 6.55. The van der Waals surface area contributed by atoms with Gasteiger partial charge in [0.25, 0.3) is 0 Å². The predicted molar refractivity (Wildman–Crippen MR) is 76.2 cm³/mol. The highest BCUT2D eigenvalue weighted by Crippen LogP contribution is 2.30. The van der Waals surface area contributed by atoms with Gasteiger partial charge >= 0.3 is 0 Å². The molecule has 0 radical (unpaired) electrons. The second-order valence-electron chi connectivity index (χ2n) is 5.88. The molecule has 2 rings (SSSR count). The number of hydrogen-bond acceptors (Lipinski definition) is 2. The minimum Gasteiger partial charge on any atom is -0.370 e. The lowest BCUT2D eigenvalue weighted by molar-refractivity contribution is -0.147. The van der Waals surface area contributed by atoms with E-state index in [1.807, 2.05) is 49.9 Å². The second kappa shape index (κ2) is 5.51. The van der Waals surface area contributed by atoms with Crippen molar-refractivity contribution in [3.8, 4) is 0 Å². The van der Waals surface area contributed by atoms with Gasteiger partial charge in [0.1, 0.15) is 6.10 Å². The summed E-state index contributed by atoms with van der Waals surface area (Å²) >= 11 is 6.19. The molecule has 1 aliphatic heterocycles. The van der Waals surface area contributed by atoms with E-state index in [0.29, 0.717) is 24.7 Å². The Bertz CT molecular complexity index is 467. The molecule has 1 aromatic carbocycles. The van der Waals surface area contributed by atoms with Crippen LogP contribution in [0.4, 0.5) is 0 Å². The van der Waals surface area contributed by atoms with Crippen molar-refractivity contribution in [2.24, 2.45) is 5.41 Å². The third-order valence-electron chi connectivity index (χ3n) is 3.25. The summed E-state index contributed by atoms with van der Waals surface area (Å²) in [5.41, 5.74) is 0.595. The normalized spacial score (nSPS) is 20.4. The Hall–Kier alpha value is -1.06. The van der Waals surface area contributed by atoms with Gasteiger partial charge in [0.15, 0.2) is 0 Å². The van der Waals surface area contributed by atoms with Crippen molar-refractivity contribution in [1.82, 2.24) is 4.90 Å². The number of ether oxygens (including phenoxy) is 1. The van der Waals surface area contributed by atoms with Crippen molar-refractivity contribution < 1.29 is 9.53 Å². The quantitative estimate of drug-likeness (QED) is 0.790. The van der Waals surface area contributed by atoms with E-state index in [2.05, 4.69) is 0 Å². The van der Waals surface area contributed by atoms with Crippen molar-refractivity contribution in [3.05, 3.63) is 34.9 Å². The highest BCUT2D eigenvalue weighted by molar-refractivity contribution is 6.31. The largest absolute Gasteiger partial charge is 0.370 e. The van der Waals surface area contributed by atoms with Crippen molar-refractivity contribution in [2.75, 3.05) is 19.7 Å². The van der Waals surface area contributed by atoms with Crippen molar-refractivity contribution >= 4 is 17.5 Å². The number of nitrogens with zero attached hydrogens (tertiary/aromatic N) is 1. The molecule has 1 atom stereocenters. The molecule has 3 nitrogen and oxygen atoms in total. The lowest BCUT2D eigenvalue weighted by Crippen LogP contribution is -2.46. The van der Waals surface area contributed by atoms with Gasteiger partial charge in [-0.1, -0.05) is 50.6 Å². The molecule has 19 heavy (non-hydrogen) atoms. The summed E-state index contributed by atoms with van der Waals surface area (Å²) in [5, 5.41) is 0.692. The van der Waals surface area contributed by atoms with Crippen LogP contribution < -0.4 is 0 Å². The van der Waals surface area contributed by atoms with Crippen molar-refractivity contribution in [1.29, 1.82) is 0 Å². The van der Waals surface area contributed by atoms with Crippen LogP contribution in [0.5, 0.6) is 0 Å². The molecule has 1 saturated heterocycles. The van der Waals surface area contributed by atoms with Crippen LogP contribution in [0, 0.1) is 5.41 Å². The number of benzene rings is 1. The lowest BCUT2D eigenvalue weighted by Gasteiger charge is -2.36. The van der Waals surface area contributed by atoms with Gasteiger partial charge in [0.2, 0.25) is 5.91 Å². The number of halogens is 1. The van der Waals surface area contributed by atoms with Crippen LogP contribution in [-0.2, 0) is 9.53 Å². The van der Waals surface area contributed by atoms with Gasteiger partial charge in [-0.3, -0.25) is 4.79 Å². The molecule has 104 valence electrons. The zero-order valence-corrected chi connectivity index (χ0v) is 12.4. The van der Waals surface area contributed by atoms with E-state index in [-0.39, 0.29) is 17.4 Å². The standard InChI is InChI=1S/C15H20ClNO2/c1-15(2,3)14(18)17-8-9-19-13(10-17)11-6-4-5-7-12(11)16/h4-7,13H,8-10H2,1-3H3. The molecule has 0 aromatic heterocycles. The van der Waals surface area contributed by atoms with E-state index >= 15 is 0 Å². The Morgan fingerprint density at radius 2 is 2.05 bits per heavy atom. The average molecular weight is 282 g/mol. The summed E-state index contributed by atoms with van der Waals surface area (Å²) in [6, 6.07) is 7.64. The fourth-order valence-corrected chi connectivity index (χ4v) is 2.49. The van der Waals surface area contributed by atoms with Crippen LogP contribution >= 0.6 is 11.6 Å². The SMILES string of the molecule is CC(C)(C)C(=O)N1CCOC(c2ccccc2Cl)C1. The highest BCUT2D eigenvalue weighted by atomic mass is 35.5. The van der Waals surface area contributed by atoms with Gasteiger partial charge in [-0.05, 0) is 6.07 Å². The van der Waals surface area contributed by atoms with Gasteiger partial charge in [-0.2, -0.15) is 0 Å². The number of morpholine rings is 1. The number of amides is 1. The van der Waals surface area contributed by atoms with E-state index in [1.165, 1.54) is 0 Å². The first-order valence-corrected chi connectivity index (χ1v) is 6.93. The monoisotopic (exact) mass is 281 g/mol. The summed E-state index contributed by atoms with van der Waals surface area (Å²) in [4.78, 5) is 14.2. The summed E-state index contributed by atoms with van der Waals surface area (Å²) in [7, 11) is 0. The third kappa shape index (κ3) is 3.28. The molecular formula is C15H20ClNO2. The Morgan fingerprint density at radius 1 is 1.37 bits per heavy atom. The lowest BCUT2D eigenvalue weighted by atomic mass is 9.94. The number of rotatable bonds is 1. The molecule has 0 bridgehead atoms. The molecular weight excluding hydrogens is 262 g/mol. The van der Waals surface area contributed by atoms with Crippen LogP contribution in [0.2, 0.25) is 5.02 Å². The van der Waals surface area contributed by atoms with Crippen LogP contribution in [0.15, 0.2) is 24.3 Å². The highest BCUT2D eigenvalue weighted by Gasteiger charge is 2.32. The smallest absolute Gasteiger partial charge is 0.228 e. The van der Waals surface area contributed by atoms with Gasteiger partial charge in [0, 0.05) is 22.5 Å². The van der Waals surface area contributed by atoms with Crippen LogP contribution in [-0.4, -0.2) is 30.5 Å². The van der Waals surface area contributed by atoms with E-state index < -0.39 is 0 Å². The predicted octanol–water partition coefficient (Wildman–Crippen LogP) is 3.29. The number of hydrogen-bond donors (Lipinski definition) is 0. The zero-order chi connectivity index (χ0) is 14.0. The first kappa shape index (κ1) is 14.4. The molecule has 4 heteroatoms. The number of carbonyl (C=O) groups is 1. The molecule has 1 unspecified atom stereocenters. The van der Waals surface area contributed by atoms with Gasteiger partial charge in [-0.25, -0.2) is 0 Å². The summed E-state index contributed by atoms with van der Waals surface area (Å²) in [5.74, 6) is 0.160. The Morgan fingerprint density at radius 3 is 2.68 bits per heavy atom. The van der Waals surface area contributed by atoms with Gasteiger partial charge in [-0.15, -0.1) is 0 Å². The number of carbonyl (C=O) groups excluding carboxylic acids is 1. The maximum Gasteiger partial charge on any atom is 0.228 e. The second-order valence-corrected chi connectivity index (χ2v) is 6.29. The fourth-order valence-electron chi connectivity index (χ4n) is 2.23. The van der Waals surface area contributed by atoms with E-state index in [4.69, 9.17) is 16.3 Å². The molecule has 0 spiro atoms. The minimum atomic E-state index is -0.359. The Kier molecular flexibility index (Phi) is 4.16. The maximum atomic E-state index is 12.3. The average Bonchev–Trinajstić information content (AvgIpc) is 2.37. The fraction of sp³-hybridized carbons (Fsp3) is 0.533. The molecule has 1 fully saturated rings. The van der Waals surface area contributed by atoms with E-state index in [1.54, 1.807) is 0 Å². The summed E-state index contributed by atoms with van der Waals surface area (Å²) in [6.07, 6.45) is -0.131. The summed E-state index contributed by atoms with van der Waals surface area (Å²) in [6.45, 7) is 7.59. The zero-order valence-electron chi connectivity index (χ0n) is 11.6. The van der Waals surface area contributed by atoms with Crippen LogP contribution in [0.25, 0.3) is 0 Å². The van der Waals surface area contributed by atoms with E-state index in [9.17, 15) is 4.79 Å². The first-order chi connectivity index (χ1) is 8.89. The summed E-state index contributed by atoms with van der Waals surface area (Å²) < 4.78 is 5.76. The molecule has 0 N–H and O–H groups in total. The van der Waals surface area contributed by atoms with E-state index in [0.717, 1.165) is 5.56 Å². The molecule has 1 aromatic rings. The van der Waals surface area contributed by atoms with Crippen molar-refractivity contribution in [2.45, 2.75) is 26.9 Å². The Labute approximate surface area is 119 Å². The van der Waals surface area contributed by atoms with Crippen molar-refractivity contribution in [3.63, 3.8) is 0 Å². The molecule has 1 heterocycles. The Balaban J connectivity index is 2.14. The molecule has 1 amide bonds.